The van der Waals surface area contributed by atoms with Crippen molar-refractivity contribution in [3.8, 4) is 5.75 Å². The topological polar surface area (TPSA) is 96.5 Å². The van der Waals surface area contributed by atoms with E-state index in [2.05, 4.69) is 15.6 Å². The molecule has 3 rings (SSSR count). The number of hydrazine groups is 1. The fraction of sp³-hybridized carbons (Fsp3) is 0.316. The summed E-state index contributed by atoms with van der Waals surface area (Å²) in [5.41, 5.74) is 6.93. The van der Waals surface area contributed by atoms with Gasteiger partial charge in [-0.25, -0.2) is 13.1 Å². The molecule has 1 amide bonds. The molecule has 0 heterocycles. The van der Waals surface area contributed by atoms with Gasteiger partial charge in [-0.2, -0.15) is 0 Å². The van der Waals surface area contributed by atoms with Crippen LogP contribution >= 0.6 is 0 Å². The molecule has 0 bridgehead atoms. The van der Waals surface area contributed by atoms with E-state index in [1.807, 2.05) is 25.1 Å². The van der Waals surface area contributed by atoms with Crippen LogP contribution in [0.4, 0.5) is 5.69 Å². The van der Waals surface area contributed by atoms with Crippen molar-refractivity contribution in [2.24, 2.45) is 0 Å². The number of aryl methyl sites for hydroxylation is 1. The number of hydrogen-bond donors (Lipinski definition) is 3. The monoisotopic (exact) mass is 389 g/mol. The third-order valence-electron chi connectivity index (χ3n) is 4.07. The van der Waals surface area contributed by atoms with E-state index in [9.17, 15) is 13.2 Å². The molecule has 1 saturated carbocycles. The summed E-state index contributed by atoms with van der Waals surface area (Å²) < 4.78 is 32.5. The molecule has 144 valence electrons. The van der Waals surface area contributed by atoms with Gasteiger partial charge in [-0.15, -0.1) is 0 Å². The molecule has 0 radical (unpaired) electrons. The largest absolute Gasteiger partial charge is 0.481 e. The number of carbonyl (C=O) groups is 1. The summed E-state index contributed by atoms with van der Waals surface area (Å²) in [6.07, 6.45) is 1.07. The molecule has 27 heavy (non-hydrogen) atoms. The molecule has 0 spiro atoms. The third-order valence-corrected chi connectivity index (χ3v) is 5.60. The summed E-state index contributed by atoms with van der Waals surface area (Å²) >= 11 is 0. The van der Waals surface area contributed by atoms with Gasteiger partial charge in [0.1, 0.15) is 5.75 Å². The second kappa shape index (κ2) is 7.98. The van der Waals surface area contributed by atoms with Crippen molar-refractivity contribution in [2.75, 3.05) is 5.43 Å². The lowest BCUT2D eigenvalue weighted by Gasteiger charge is -2.16. The average Bonchev–Trinajstić information content (AvgIpc) is 3.43. The molecular weight excluding hydrogens is 366 g/mol. The quantitative estimate of drug-likeness (QED) is 0.602. The molecule has 1 fully saturated rings. The number of rotatable bonds is 8. The van der Waals surface area contributed by atoms with Crippen molar-refractivity contribution in [3.05, 3.63) is 54.1 Å². The van der Waals surface area contributed by atoms with Crippen molar-refractivity contribution in [2.45, 2.75) is 43.7 Å². The van der Waals surface area contributed by atoms with Gasteiger partial charge in [0.05, 0.1) is 10.6 Å². The lowest BCUT2D eigenvalue weighted by molar-refractivity contribution is -0.126. The molecular formula is C19H23N3O4S. The van der Waals surface area contributed by atoms with Crippen LogP contribution in [-0.4, -0.2) is 26.5 Å². The third kappa shape index (κ3) is 5.45. The highest BCUT2D eigenvalue weighted by molar-refractivity contribution is 7.89. The van der Waals surface area contributed by atoms with E-state index in [0.717, 1.165) is 18.4 Å². The van der Waals surface area contributed by atoms with Gasteiger partial charge in [0.15, 0.2) is 6.10 Å². The Hall–Kier alpha value is -2.58. The van der Waals surface area contributed by atoms with Crippen LogP contribution in [0.1, 0.15) is 25.3 Å². The molecule has 1 atom stereocenters. The van der Waals surface area contributed by atoms with Gasteiger partial charge >= 0.3 is 0 Å². The summed E-state index contributed by atoms with van der Waals surface area (Å²) in [4.78, 5) is 12.4. The van der Waals surface area contributed by atoms with E-state index in [4.69, 9.17) is 4.74 Å². The summed E-state index contributed by atoms with van der Waals surface area (Å²) in [7, 11) is -3.48. The number of benzene rings is 2. The molecule has 1 unspecified atom stereocenters. The molecule has 0 saturated heterocycles. The molecule has 8 heteroatoms. The zero-order valence-electron chi connectivity index (χ0n) is 15.2. The normalized spacial score (nSPS) is 15.0. The minimum Gasteiger partial charge on any atom is -0.481 e. The Bertz CT molecular complexity index is 909. The van der Waals surface area contributed by atoms with Crippen molar-refractivity contribution < 1.29 is 17.9 Å². The van der Waals surface area contributed by atoms with E-state index in [1.165, 1.54) is 12.1 Å². The first-order valence-electron chi connectivity index (χ1n) is 8.75. The van der Waals surface area contributed by atoms with Gasteiger partial charge in [0, 0.05) is 6.04 Å². The number of carbonyl (C=O) groups excluding carboxylic acids is 1. The maximum absolute atomic E-state index is 12.2. The lowest BCUT2D eigenvalue weighted by Crippen LogP contribution is -2.39. The minimum absolute atomic E-state index is 0.0574. The Morgan fingerprint density at radius 2 is 1.85 bits per heavy atom. The van der Waals surface area contributed by atoms with Crippen molar-refractivity contribution in [1.29, 1.82) is 0 Å². The standard InChI is InChI=1S/C19H23N3O4S/c1-13-4-3-5-17(12-13)26-14(2)19(23)21-20-15-8-10-18(11-9-15)27(24,25)22-16-6-7-16/h3-5,8-12,14,16,20,22H,6-7H2,1-2H3,(H,21,23). The van der Waals surface area contributed by atoms with E-state index >= 15 is 0 Å². The zero-order valence-corrected chi connectivity index (χ0v) is 16.0. The maximum atomic E-state index is 12.2. The molecule has 7 nitrogen and oxygen atoms in total. The first kappa shape index (κ1) is 19.2. The molecule has 0 aliphatic heterocycles. The van der Waals surface area contributed by atoms with Gasteiger partial charge in [0.2, 0.25) is 10.0 Å². The Labute approximate surface area is 159 Å². The molecule has 1 aliphatic carbocycles. The minimum atomic E-state index is -3.48. The summed E-state index contributed by atoms with van der Waals surface area (Å²) in [6.45, 7) is 3.60. The predicted molar refractivity (Wildman–Crippen MR) is 103 cm³/mol. The number of hydrogen-bond acceptors (Lipinski definition) is 5. The first-order chi connectivity index (χ1) is 12.8. The lowest BCUT2D eigenvalue weighted by atomic mass is 10.2. The Morgan fingerprint density at radius 3 is 2.48 bits per heavy atom. The van der Waals surface area contributed by atoms with E-state index in [1.54, 1.807) is 25.1 Å². The van der Waals surface area contributed by atoms with Crippen LogP contribution < -0.4 is 20.3 Å². The summed E-state index contributed by atoms with van der Waals surface area (Å²) in [5.74, 6) is 0.277. The highest BCUT2D eigenvalue weighted by Crippen LogP contribution is 2.22. The second-order valence-corrected chi connectivity index (χ2v) is 8.32. The fourth-order valence-electron chi connectivity index (χ4n) is 2.39. The summed E-state index contributed by atoms with van der Waals surface area (Å²) in [6, 6.07) is 13.7. The number of sulfonamides is 1. The van der Waals surface area contributed by atoms with Gasteiger partial charge in [-0.3, -0.25) is 15.6 Å². The molecule has 2 aromatic rings. The van der Waals surface area contributed by atoms with Gasteiger partial charge in [-0.05, 0) is 68.7 Å². The summed E-state index contributed by atoms with van der Waals surface area (Å²) in [5, 5.41) is 0. The average molecular weight is 389 g/mol. The van der Waals surface area contributed by atoms with Crippen LogP contribution in [0.5, 0.6) is 5.75 Å². The van der Waals surface area contributed by atoms with E-state index in [0.29, 0.717) is 11.4 Å². The van der Waals surface area contributed by atoms with Crippen molar-refractivity contribution in [3.63, 3.8) is 0 Å². The Morgan fingerprint density at radius 1 is 1.15 bits per heavy atom. The number of ether oxygens (including phenoxy) is 1. The van der Waals surface area contributed by atoms with Crippen molar-refractivity contribution in [1.82, 2.24) is 10.1 Å². The zero-order chi connectivity index (χ0) is 19.4. The smallest absolute Gasteiger partial charge is 0.279 e. The van der Waals surface area contributed by atoms with Crippen LogP contribution in [0.15, 0.2) is 53.4 Å². The van der Waals surface area contributed by atoms with Gasteiger partial charge in [0.25, 0.3) is 5.91 Å². The number of anilines is 1. The first-order valence-corrected chi connectivity index (χ1v) is 10.2. The highest BCUT2D eigenvalue weighted by atomic mass is 32.2. The molecule has 2 aromatic carbocycles. The van der Waals surface area contributed by atoms with Crippen LogP contribution in [0, 0.1) is 6.92 Å². The SMILES string of the molecule is Cc1cccc(OC(C)C(=O)NNc2ccc(S(=O)(=O)NC3CC3)cc2)c1. The molecule has 1 aliphatic rings. The highest BCUT2D eigenvalue weighted by Gasteiger charge is 2.27. The van der Waals surface area contributed by atoms with Gasteiger partial charge < -0.3 is 4.74 Å². The van der Waals surface area contributed by atoms with Crippen LogP contribution in [0.25, 0.3) is 0 Å². The van der Waals surface area contributed by atoms with E-state index < -0.39 is 16.1 Å². The number of nitrogens with one attached hydrogen (secondary N) is 3. The van der Waals surface area contributed by atoms with E-state index in [-0.39, 0.29) is 16.8 Å². The Balaban J connectivity index is 1.52. The van der Waals surface area contributed by atoms with Crippen LogP contribution in [-0.2, 0) is 14.8 Å². The molecule has 3 N–H and O–H groups in total. The Kier molecular flexibility index (Phi) is 5.67. The van der Waals surface area contributed by atoms with Crippen LogP contribution in [0.2, 0.25) is 0 Å². The van der Waals surface area contributed by atoms with Crippen molar-refractivity contribution >= 4 is 21.6 Å². The molecule has 0 aromatic heterocycles. The fourth-order valence-corrected chi connectivity index (χ4v) is 3.69. The maximum Gasteiger partial charge on any atom is 0.279 e. The van der Waals surface area contributed by atoms with Gasteiger partial charge in [-0.1, -0.05) is 12.1 Å². The van der Waals surface area contributed by atoms with Crippen LogP contribution in [0.3, 0.4) is 0 Å². The predicted octanol–water partition coefficient (Wildman–Crippen LogP) is 2.35. The number of amides is 1. The second-order valence-electron chi connectivity index (χ2n) is 6.61.